The van der Waals surface area contributed by atoms with Gasteiger partial charge in [0.05, 0.1) is 11.6 Å². The second kappa shape index (κ2) is 6.21. The number of thiophene rings is 1. The van der Waals surface area contributed by atoms with E-state index in [2.05, 4.69) is 51.2 Å². The lowest BCUT2D eigenvalue weighted by atomic mass is 10.0. The van der Waals surface area contributed by atoms with Gasteiger partial charge in [-0.2, -0.15) is 5.26 Å². The first-order valence-electron chi connectivity index (χ1n) is 6.84. The molecule has 2 nitrogen and oxygen atoms in total. The molecule has 0 bridgehead atoms. The Morgan fingerprint density at radius 2 is 1.90 bits per heavy atom. The summed E-state index contributed by atoms with van der Waals surface area (Å²) in [6.07, 6.45) is 0. The first kappa shape index (κ1) is 14.8. The summed E-state index contributed by atoms with van der Waals surface area (Å²) in [5, 5.41) is 12.6. The minimum absolute atomic E-state index is 0.220. The number of aryl methyl sites for hydroxylation is 2. The van der Waals surface area contributed by atoms with Gasteiger partial charge in [0, 0.05) is 21.8 Å². The molecular weight excluding hydrogens is 264 g/mol. The number of hydrogen-bond acceptors (Lipinski definition) is 3. The molecule has 0 aliphatic carbocycles. The summed E-state index contributed by atoms with van der Waals surface area (Å²) in [5.74, 6) is 0. The summed E-state index contributed by atoms with van der Waals surface area (Å²) in [7, 11) is 0. The van der Waals surface area contributed by atoms with Crippen molar-refractivity contribution >= 4 is 11.3 Å². The molecule has 0 aliphatic heterocycles. The molecule has 2 unspecified atom stereocenters. The van der Waals surface area contributed by atoms with Crippen LogP contribution in [0.2, 0.25) is 0 Å². The largest absolute Gasteiger partial charge is 0.304 e. The molecule has 0 spiro atoms. The van der Waals surface area contributed by atoms with E-state index in [9.17, 15) is 0 Å². The molecule has 104 valence electrons. The standard InChI is InChI=1S/C17H20N2S/c1-11-8-17(14(4)20-11)13(3)19-12(2)16-7-5-6-15(9-16)10-18/h5-9,12-13,19H,1-4H3. The number of hydrogen-bond donors (Lipinski definition) is 1. The predicted octanol–water partition coefficient (Wildman–Crippen LogP) is 4.65. The van der Waals surface area contributed by atoms with Crippen LogP contribution in [0.15, 0.2) is 30.3 Å². The molecule has 0 saturated heterocycles. The van der Waals surface area contributed by atoms with Gasteiger partial charge in [-0.3, -0.25) is 0 Å². The van der Waals surface area contributed by atoms with E-state index in [0.717, 1.165) is 5.56 Å². The van der Waals surface area contributed by atoms with Crippen molar-refractivity contribution in [1.29, 1.82) is 5.26 Å². The van der Waals surface area contributed by atoms with E-state index in [-0.39, 0.29) is 6.04 Å². The Bertz CT molecular complexity index is 637. The molecule has 2 rings (SSSR count). The summed E-state index contributed by atoms with van der Waals surface area (Å²) in [5.41, 5.74) is 3.24. The Morgan fingerprint density at radius 1 is 1.15 bits per heavy atom. The highest BCUT2D eigenvalue weighted by Crippen LogP contribution is 2.28. The highest BCUT2D eigenvalue weighted by molar-refractivity contribution is 7.12. The molecule has 2 aromatic rings. The van der Waals surface area contributed by atoms with Gasteiger partial charge in [-0.05, 0) is 57.0 Å². The van der Waals surface area contributed by atoms with Crippen molar-refractivity contribution in [3.05, 3.63) is 56.8 Å². The van der Waals surface area contributed by atoms with Crippen molar-refractivity contribution < 1.29 is 0 Å². The van der Waals surface area contributed by atoms with Crippen molar-refractivity contribution in [1.82, 2.24) is 5.32 Å². The van der Waals surface area contributed by atoms with E-state index in [4.69, 9.17) is 5.26 Å². The maximum Gasteiger partial charge on any atom is 0.0991 e. The summed E-state index contributed by atoms with van der Waals surface area (Å²) < 4.78 is 0. The van der Waals surface area contributed by atoms with E-state index in [1.165, 1.54) is 15.3 Å². The molecule has 1 aromatic carbocycles. The molecular formula is C17H20N2S. The lowest BCUT2D eigenvalue weighted by Crippen LogP contribution is -2.22. The molecule has 1 heterocycles. The van der Waals surface area contributed by atoms with Gasteiger partial charge in [0.2, 0.25) is 0 Å². The number of nitrogens with zero attached hydrogens (tertiary/aromatic N) is 1. The fraction of sp³-hybridized carbons (Fsp3) is 0.353. The maximum atomic E-state index is 8.97. The minimum Gasteiger partial charge on any atom is -0.304 e. The smallest absolute Gasteiger partial charge is 0.0991 e. The third kappa shape index (κ3) is 3.27. The molecule has 20 heavy (non-hydrogen) atoms. The molecule has 0 amide bonds. The molecule has 2 atom stereocenters. The zero-order valence-electron chi connectivity index (χ0n) is 12.4. The summed E-state index contributed by atoms with van der Waals surface area (Å²) in [6.45, 7) is 8.65. The van der Waals surface area contributed by atoms with Crippen molar-refractivity contribution in [3.63, 3.8) is 0 Å². The lowest BCUT2D eigenvalue weighted by molar-refractivity contribution is 0.494. The zero-order chi connectivity index (χ0) is 14.7. The molecule has 0 saturated carbocycles. The highest BCUT2D eigenvalue weighted by Gasteiger charge is 2.14. The third-order valence-electron chi connectivity index (χ3n) is 3.56. The number of nitrogens with one attached hydrogen (secondary N) is 1. The second-order valence-electron chi connectivity index (χ2n) is 5.22. The molecule has 0 fully saturated rings. The monoisotopic (exact) mass is 284 g/mol. The summed E-state index contributed by atoms with van der Waals surface area (Å²) in [4.78, 5) is 2.73. The maximum absolute atomic E-state index is 8.97. The van der Waals surface area contributed by atoms with Gasteiger partial charge in [-0.25, -0.2) is 0 Å². The summed E-state index contributed by atoms with van der Waals surface area (Å²) in [6, 6.07) is 12.8. The van der Waals surface area contributed by atoms with Gasteiger partial charge < -0.3 is 5.32 Å². The van der Waals surface area contributed by atoms with Gasteiger partial charge in [0.1, 0.15) is 0 Å². The Kier molecular flexibility index (Phi) is 4.59. The van der Waals surface area contributed by atoms with Gasteiger partial charge in [-0.1, -0.05) is 12.1 Å². The van der Waals surface area contributed by atoms with Crippen LogP contribution in [-0.4, -0.2) is 0 Å². The van der Waals surface area contributed by atoms with Crippen molar-refractivity contribution in [3.8, 4) is 6.07 Å². The van der Waals surface area contributed by atoms with E-state index >= 15 is 0 Å². The Morgan fingerprint density at radius 3 is 2.50 bits per heavy atom. The van der Waals surface area contributed by atoms with Gasteiger partial charge in [0.25, 0.3) is 0 Å². The quantitative estimate of drug-likeness (QED) is 0.887. The fourth-order valence-electron chi connectivity index (χ4n) is 2.52. The van der Waals surface area contributed by atoms with Gasteiger partial charge in [-0.15, -0.1) is 11.3 Å². The molecule has 0 aliphatic rings. The van der Waals surface area contributed by atoms with Crippen LogP contribution < -0.4 is 5.32 Å². The van der Waals surface area contributed by atoms with Crippen LogP contribution in [0.3, 0.4) is 0 Å². The average Bonchev–Trinajstić information content (AvgIpc) is 2.77. The van der Waals surface area contributed by atoms with Crippen LogP contribution in [0.4, 0.5) is 0 Å². The van der Waals surface area contributed by atoms with Crippen LogP contribution in [0, 0.1) is 25.2 Å². The van der Waals surface area contributed by atoms with Crippen LogP contribution in [-0.2, 0) is 0 Å². The first-order chi connectivity index (χ1) is 9.51. The number of nitriles is 1. The molecule has 1 N–H and O–H groups in total. The topological polar surface area (TPSA) is 35.8 Å². The van der Waals surface area contributed by atoms with Crippen LogP contribution in [0.5, 0.6) is 0 Å². The van der Waals surface area contributed by atoms with Crippen molar-refractivity contribution in [2.24, 2.45) is 0 Å². The highest BCUT2D eigenvalue weighted by atomic mass is 32.1. The minimum atomic E-state index is 0.220. The fourth-order valence-corrected chi connectivity index (χ4v) is 3.54. The third-order valence-corrected chi connectivity index (χ3v) is 4.54. The van der Waals surface area contributed by atoms with E-state index in [1.807, 2.05) is 29.5 Å². The van der Waals surface area contributed by atoms with E-state index < -0.39 is 0 Å². The molecule has 0 radical (unpaired) electrons. The van der Waals surface area contributed by atoms with Crippen molar-refractivity contribution in [2.75, 3.05) is 0 Å². The first-order valence-corrected chi connectivity index (χ1v) is 7.66. The number of benzene rings is 1. The van der Waals surface area contributed by atoms with E-state index in [0.29, 0.717) is 11.6 Å². The molecule has 1 aromatic heterocycles. The lowest BCUT2D eigenvalue weighted by Gasteiger charge is -2.20. The van der Waals surface area contributed by atoms with E-state index in [1.54, 1.807) is 0 Å². The Balaban J connectivity index is 2.13. The van der Waals surface area contributed by atoms with Crippen LogP contribution >= 0.6 is 11.3 Å². The molecule has 3 heteroatoms. The Hall–Kier alpha value is -1.63. The predicted molar refractivity (Wildman–Crippen MR) is 84.9 cm³/mol. The van der Waals surface area contributed by atoms with Gasteiger partial charge in [0.15, 0.2) is 0 Å². The van der Waals surface area contributed by atoms with Crippen LogP contribution in [0.25, 0.3) is 0 Å². The Labute approximate surface area is 125 Å². The normalized spacial score (nSPS) is 13.8. The second-order valence-corrected chi connectivity index (χ2v) is 6.68. The zero-order valence-corrected chi connectivity index (χ0v) is 13.2. The summed E-state index contributed by atoms with van der Waals surface area (Å²) >= 11 is 1.84. The average molecular weight is 284 g/mol. The van der Waals surface area contributed by atoms with Crippen LogP contribution in [0.1, 0.15) is 52.4 Å². The van der Waals surface area contributed by atoms with Crippen molar-refractivity contribution in [2.45, 2.75) is 39.8 Å². The number of rotatable bonds is 4. The SMILES string of the molecule is Cc1cc(C(C)NC(C)c2cccc(C#N)c2)c(C)s1. The van der Waals surface area contributed by atoms with Gasteiger partial charge >= 0.3 is 0 Å².